The summed E-state index contributed by atoms with van der Waals surface area (Å²) in [5.41, 5.74) is 3.32. The van der Waals surface area contributed by atoms with Gasteiger partial charge in [-0.2, -0.15) is 0 Å². The molecule has 1 aromatic carbocycles. The first-order valence-electron chi connectivity index (χ1n) is 6.49. The van der Waals surface area contributed by atoms with E-state index in [9.17, 15) is 9.59 Å². The Morgan fingerprint density at radius 2 is 1.95 bits per heavy atom. The minimum absolute atomic E-state index is 0.144. The Labute approximate surface area is 132 Å². The number of nitrogens with one attached hydrogen (secondary N) is 2. The Balaban J connectivity index is 1.70. The molecule has 0 saturated heterocycles. The lowest BCUT2D eigenvalue weighted by atomic mass is 10.2. The number of nitrogens with zero attached hydrogens (tertiary/aromatic N) is 1. The van der Waals surface area contributed by atoms with Crippen LogP contribution in [0.25, 0.3) is 0 Å². The summed E-state index contributed by atoms with van der Waals surface area (Å²) in [6, 6.07) is 12.4. The molecule has 22 heavy (non-hydrogen) atoms. The maximum atomic E-state index is 11.7. The molecular formula is C15H14ClN3O3. The van der Waals surface area contributed by atoms with Crippen LogP contribution in [0.2, 0.25) is 5.02 Å². The number of hydrogen-bond donors (Lipinski definition) is 2. The van der Waals surface area contributed by atoms with E-state index in [1.807, 2.05) is 30.3 Å². The Kier molecular flexibility index (Phi) is 5.88. The summed E-state index contributed by atoms with van der Waals surface area (Å²) in [4.78, 5) is 32.2. The summed E-state index contributed by atoms with van der Waals surface area (Å²) in [5.74, 6) is -0.952. The van der Waals surface area contributed by atoms with Gasteiger partial charge in [0.2, 0.25) is 0 Å². The molecule has 0 aliphatic heterocycles. The van der Waals surface area contributed by atoms with Crippen molar-refractivity contribution in [2.75, 3.05) is 6.54 Å². The second-order valence-electron chi connectivity index (χ2n) is 4.34. The fourth-order valence-electron chi connectivity index (χ4n) is 1.59. The summed E-state index contributed by atoms with van der Waals surface area (Å²) in [5, 5.41) is 2.82. The highest BCUT2D eigenvalue weighted by molar-refractivity contribution is 6.30. The lowest BCUT2D eigenvalue weighted by Gasteiger charge is -2.07. The largest absolute Gasteiger partial charge is 0.342 e. The maximum absolute atomic E-state index is 11.7. The van der Waals surface area contributed by atoms with Crippen molar-refractivity contribution in [2.24, 2.45) is 0 Å². The van der Waals surface area contributed by atoms with Crippen LogP contribution >= 0.6 is 11.6 Å². The normalized spacial score (nSPS) is 10.0. The average Bonchev–Trinajstić information content (AvgIpc) is 2.53. The van der Waals surface area contributed by atoms with Gasteiger partial charge in [0.25, 0.3) is 11.8 Å². The van der Waals surface area contributed by atoms with Crippen LogP contribution in [0.4, 0.5) is 0 Å². The monoisotopic (exact) mass is 319 g/mol. The van der Waals surface area contributed by atoms with Gasteiger partial charge in [-0.25, -0.2) is 5.48 Å². The smallest absolute Gasteiger partial charge is 0.270 e. The van der Waals surface area contributed by atoms with E-state index in [4.69, 9.17) is 16.4 Å². The number of halogens is 1. The summed E-state index contributed by atoms with van der Waals surface area (Å²) in [6.45, 7) is 0.0260. The quantitative estimate of drug-likeness (QED) is 0.794. The number of amides is 2. The number of aromatic nitrogens is 1. The predicted molar refractivity (Wildman–Crippen MR) is 81.0 cm³/mol. The molecule has 0 aliphatic carbocycles. The van der Waals surface area contributed by atoms with Crippen molar-refractivity contribution in [3.8, 4) is 0 Å². The first-order chi connectivity index (χ1) is 10.6. The number of hydroxylamine groups is 1. The number of carbonyl (C=O) groups excluding carboxylic acids is 2. The number of rotatable bonds is 6. The SMILES string of the molecule is O=C(CNC(=O)c1cc(Cl)ccn1)NOCc1ccccc1. The van der Waals surface area contributed by atoms with Crippen LogP contribution in [-0.2, 0) is 16.2 Å². The van der Waals surface area contributed by atoms with Gasteiger partial charge in [0.15, 0.2) is 0 Å². The van der Waals surface area contributed by atoms with Crippen molar-refractivity contribution in [1.29, 1.82) is 0 Å². The molecule has 7 heteroatoms. The third-order valence-electron chi connectivity index (χ3n) is 2.63. The molecule has 0 unspecified atom stereocenters. The summed E-state index contributed by atoms with van der Waals surface area (Å²) < 4.78 is 0. The lowest BCUT2D eigenvalue weighted by molar-refractivity contribution is -0.133. The standard InChI is InChI=1S/C15H14ClN3O3/c16-12-6-7-17-13(8-12)15(21)18-9-14(20)19-22-10-11-4-2-1-3-5-11/h1-8H,9-10H2,(H,18,21)(H,19,20). The molecule has 0 spiro atoms. The second-order valence-corrected chi connectivity index (χ2v) is 4.78. The Hall–Kier alpha value is -2.44. The Morgan fingerprint density at radius 1 is 1.18 bits per heavy atom. The van der Waals surface area contributed by atoms with E-state index in [-0.39, 0.29) is 18.8 Å². The van der Waals surface area contributed by atoms with Gasteiger partial charge in [-0.3, -0.25) is 19.4 Å². The van der Waals surface area contributed by atoms with E-state index in [1.54, 1.807) is 6.07 Å². The topological polar surface area (TPSA) is 80.3 Å². The highest BCUT2D eigenvalue weighted by atomic mass is 35.5. The Bertz CT molecular complexity index is 649. The van der Waals surface area contributed by atoms with Gasteiger partial charge >= 0.3 is 0 Å². The molecular weight excluding hydrogens is 306 g/mol. The minimum atomic E-state index is -0.485. The lowest BCUT2D eigenvalue weighted by Crippen LogP contribution is -2.37. The number of benzene rings is 1. The van der Waals surface area contributed by atoms with Crippen LogP contribution < -0.4 is 10.8 Å². The van der Waals surface area contributed by atoms with Crippen LogP contribution in [0.15, 0.2) is 48.7 Å². The average molecular weight is 320 g/mol. The molecule has 0 atom stereocenters. The highest BCUT2D eigenvalue weighted by Crippen LogP contribution is 2.07. The molecule has 0 bridgehead atoms. The first-order valence-corrected chi connectivity index (χ1v) is 6.87. The van der Waals surface area contributed by atoms with Crippen molar-refractivity contribution in [2.45, 2.75) is 6.61 Å². The van der Waals surface area contributed by atoms with Crippen molar-refractivity contribution in [1.82, 2.24) is 15.8 Å². The third kappa shape index (κ3) is 5.16. The van der Waals surface area contributed by atoms with Crippen LogP contribution in [-0.4, -0.2) is 23.3 Å². The zero-order valence-electron chi connectivity index (χ0n) is 11.6. The molecule has 2 aromatic rings. The van der Waals surface area contributed by atoms with Gasteiger partial charge in [-0.15, -0.1) is 0 Å². The molecule has 114 valence electrons. The van der Waals surface area contributed by atoms with Gasteiger partial charge in [-0.05, 0) is 17.7 Å². The molecule has 2 amide bonds. The van der Waals surface area contributed by atoms with Crippen LogP contribution in [0.3, 0.4) is 0 Å². The van der Waals surface area contributed by atoms with Crippen LogP contribution in [0.5, 0.6) is 0 Å². The van der Waals surface area contributed by atoms with Crippen LogP contribution in [0.1, 0.15) is 16.1 Å². The maximum Gasteiger partial charge on any atom is 0.270 e. The van der Waals surface area contributed by atoms with Crippen molar-refractivity contribution in [3.63, 3.8) is 0 Å². The predicted octanol–water partition coefficient (Wildman–Crippen LogP) is 1.71. The highest BCUT2D eigenvalue weighted by Gasteiger charge is 2.09. The number of hydrogen-bond acceptors (Lipinski definition) is 4. The van der Waals surface area contributed by atoms with Crippen molar-refractivity contribution in [3.05, 3.63) is 64.9 Å². The molecule has 0 fully saturated rings. The van der Waals surface area contributed by atoms with E-state index in [1.165, 1.54) is 12.3 Å². The van der Waals surface area contributed by atoms with Crippen molar-refractivity contribution >= 4 is 23.4 Å². The molecule has 6 nitrogen and oxygen atoms in total. The van der Waals surface area contributed by atoms with E-state index < -0.39 is 11.8 Å². The first kappa shape index (κ1) is 15.9. The van der Waals surface area contributed by atoms with Gasteiger partial charge in [0, 0.05) is 11.2 Å². The molecule has 0 radical (unpaired) electrons. The van der Waals surface area contributed by atoms with Crippen LogP contribution in [0, 0.1) is 0 Å². The molecule has 0 saturated carbocycles. The molecule has 1 aromatic heterocycles. The molecule has 0 aliphatic rings. The van der Waals surface area contributed by atoms with E-state index in [0.29, 0.717) is 5.02 Å². The zero-order chi connectivity index (χ0) is 15.8. The van der Waals surface area contributed by atoms with E-state index >= 15 is 0 Å². The second kappa shape index (κ2) is 8.11. The molecule has 1 heterocycles. The summed E-state index contributed by atoms with van der Waals surface area (Å²) in [7, 11) is 0. The molecule has 2 N–H and O–H groups in total. The van der Waals surface area contributed by atoms with Gasteiger partial charge < -0.3 is 5.32 Å². The number of carbonyl (C=O) groups is 2. The summed E-state index contributed by atoms with van der Waals surface area (Å²) >= 11 is 5.76. The number of pyridine rings is 1. The minimum Gasteiger partial charge on any atom is -0.342 e. The van der Waals surface area contributed by atoms with Crippen molar-refractivity contribution < 1.29 is 14.4 Å². The van der Waals surface area contributed by atoms with Gasteiger partial charge in [-0.1, -0.05) is 41.9 Å². The van der Waals surface area contributed by atoms with Gasteiger partial charge in [0.05, 0.1) is 13.2 Å². The van der Waals surface area contributed by atoms with E-state index in [0.717, 1.165) is 5.56 Å². The zero-order valence-corrected chi connectivity index (χ0v) is 12.3. The summed E-state index contributed by atoms with van der Waals surface area (Å²) in [6.07, 6.45) is 1.42. The van der Waals surface area contributed by atoms with Gasteiger partial charge in [0.1, 0.15) is 5.69 Å². The molecule has 2 rings (SSSR count). The fraction of sp³-hybridized carbons (Fsp3) is 0.133. The van der Waals surface area contributed by atoms with E-state index in [2.05, 4.69) is 15.8 Å². The Morgan fingerprint density at radius 3 is 2.68 bits per heavy atom. The fourth-order valence-corrected chi connectivity index (χ4v) is 1.75. The third-order valence-corrected chi connectivity index (χ3v) is 2.87.